The van der Waals surface area contributed by atoms with Crippen LogP contribution in [0.2, 0.25) is 0 Å². The highest BCUT2D eigenvalue weighted by atomic mass is 32.1. The number of aromatic nitrogens is 3. The molecule has 1 aliphatic rings. The minimum Gasteiger partial charge on any atom is -0.497 e. The summed E-state index contributed by atoms with van der Waals surface area (Å²) >= 11 is 1.29. The van der Waals surface area contributed by atoms with Crippen LogP contribution in [-0.4, -0.2) is 28.6 Å². The van der Waals surface area contributed by atoms with Crippen molar-refractivity contribution in [1.82, 2.24) is 15.0 Å². The van der Waals surface area contributed by atoms with E-state index in [0.29, 0.717) is 15.8 Å². The number of hydrogen-bond acceptors (Lipinski definition) is 8. The highest BCUT2D eigenvalue weighted by Gasteiger charge is 2.27. The normalized spacial score (nSPS) is 16.1. The fraction of sp³-hybridized carbons (Fsp3) is 0.263. The Hall–Kier alpha value is -3.18. The predicted octanol–water partition coefficient (Wildman–Crippen LogP) is 3.90. The molecule has 4 rings (SSSR count). The molecule has 0 saturated carbocycles. The molecule has 8 heteroatoms. The maximum absolute atomic E-state index is 8.93. The van der Waals surface area contributed by atoms with Crippen LogP contribution in [0.25, 0.3) is 0 Å². The van der Waals surface area contributed by atoms with Gasteiger partial charge in [-0.15, -0.1) is 0 Å². The van der Waals surface area contributed by atoms with Crippen molar-refractivity contribution in [1.29, 1.82) is 5.26 Å². The average Bonchev–Trinajstić information content (AvgIpc) is 3.38. The molecule has 1 aromatic carbocycles. The van der Waals surface area contributed by atoms with Crippen molar-refractivity contribution in [3.63, 3.8) is 0 Å². The quantitative estimate of drug-likeness (QED) is 0.720. The molecule has 27 heavy (non-hydrogen) atoms. The van der Waals surface area contributed by atoms with E-state index in [1.807, 2.05) is 12.1 Å². The van der Waals surface area contributed by atoms with Crippen LogP contribution in [0.3, 0.4) is 0 Å². The molecule has 0 bridgehead atoms. The fourth-order valence-electron chi connectivity index (χ4n) is 3.26. The SMILES string of the molecule is COc1ccc(C2CCCN2c2cncc(Nc3ncc(C#N)s3)n2)cc1. The lowest BCUT2D eigenvalue weighted by atomic mass is 10.0. The zero-order valence-electron chi connectivity index (χ0n) is 14.8. The molecule has 1 atom stereocenters. The van der Waals surface area contributed by atoms with E-state index in [0.717, 1.165) is 31.0 Å². The highest BCUT2D eigenvalue weighted by molar-refractivity contribution is 7.16. The maximum Gasteiger partial charge on any atom is 0.189 e. The summed E-state index contributed by atoms with van der Waals surface area (Å²) in [4.78, 5) is 16.1. The van der Waals surface area contributed by atoms with E-state index in [2.05, 4.69) is 38.4 Å². The van der Waals surface area contributed by atoms with Crippen LogP contribution in [0.5, 0.6) is 5.75 Å². The Morgan fingerprint density at radius 2 is 2.11 bits per heavy atom. The van der Waals surface area contributed by atoms with Gasteiger partial charge in [0.25, 0.3) is 0 Å². The van der Waals surface area contributed by atoms with Gasteiger partial charge in [0.05, 0.1) is 31.7 Å². The van der Waals surface area contributed by atoms with E-state index in [1.165, 1.54) is 16.9 Å². The molecular formula is C19H18N6OS. The van der Waals surface area contributed by atoms with Gasteiger partial charge >= 0.3 is 0 Å². The molecule has 1 N–H and O–H groups in total. The molecular weight excluding hydrogens is 360 g/mol. The largest absolute Gasteiger partial charge is 0.497 e. The molecule has 0 radical (unpaired) electrons. The van der Waals surface area contributed by atoms with Gasteiger partial charge in [-0.25, -0.2) is 9.97 Å². The summed E-state index contributed by atoms with van der Waals surface area (Å²) in [5.74, 6) is 2.30. The number of hydrogen-bond donors (Lipinski definition) is 1. The molecule has 1 aliphatic heterocycles. The first-order chi connectivity index (χ1) is 13.3. The van der Waals surface area contributed by atoms with Crippen molar-refractivity contribution in [2.24, 2.45) is 0 Å². The summed E-state index contributed by atoms with van der Waals surface area (Å²) in [6.07, 6.45) is 7.17. The van der Waals surface area contributed by atoms with Gasteiger partial charge in [-0.2, -0.15) is 5.26 Å². The molecule has 3 aromatic rings. The Kier molecular flexibility index (Phi) is 4.85. The number of anilines is 3. The van der Waals surface area contributed by atoms with Gasteiger partial charge in [-0.1, -0.05) is 23.5 Å². The molecule has 0 spiro atoms. The van der Waals surface area contributed by atoms with Crippen molar-refractivity contribution >= 4 is 28.1 Å². The maximum atomic E-state index is 8.93. The first kappa shape index (κ1) is 17.2. The molecule has 0 aliphatic carbocycles. The second-order valence-electron chi connectivity index (χ2n) is 6.15. The second kappa shape index (κ2) is 7.60. The lowest BCUT2D eigenvalue weighted by Gasteiger charge is -2.26. The van der Waals surface area contributed by atoms with Gasteiger partial charge in [0, 0.05) is 6.54 Å². The van der Waals surface area contributed by atoms with Gasteiger partial charge < -0.3 is 15.0 Å². The summed E-state index contributed by atoms with van der Waals surface area (Å²) in [5, 5.41) is 12.7. The van der Waals surface area contributed by atoms with E-state index in [9.17, 15) is 0 Å². The Balaban J connectivity index is 1.55. The van der Waals surface area contributed by atoms with Gasteiger partial charge in [0.1, 0.15) is 22.5 Å². The number of nitrogens with zero attached hydrogens (tertiary/aromatic N) is 5. The zero-order chi connectivity index (χ0) is 18.6. The third-order valence-electron chi connectivity index (χ3n) is 4.52. The van der Waals surface area contributed by atoms with E-state index in [1.54, 1.807) is 25.7 Å². The van der Waals surface area contributed by atoms with Crippen LogP contribution in [0.4, 0.5) is 16.8 Å². The van der Waals surface area contributed by atoms with Gasteiger partial charge in [-0.05, 0) is 30.5 Å². The third-order valence-corrected chi connectivity index (χ3v) is 5.34. The van der Waals surface area contributed by atoms with E-state index in [4.69, 9.17) is 15.0 Å². The molecule has 3 heterocycles. The molecule has 0 amide bonds. The first-order valence-corrected chi connectivity index (χ1v) is 9.44. The molecule has 2 aromatic heterocycles. The van der Waals surface area contributed by atoms with Crippen LogP contribution in [0.1, 0.15) is 29.3 Å². The Morgan fingerprint density at radius 1 is 1.26 bits per heavy atom. The molecule has 7 nitrogen and oxygen atoms in total. The fourth-order valence-corrected chi connectivity index (χ4v) is 3.88. The molecule has 1 fully saturated rings. The summed E-state index contributed by atoms with van der Waals surface area (Å²) in [5.41, 5.74) is 1.24. The number of benzene rings is 1. The summed E-state index contributed by atoms with van der Waals surface area (Å²) < 4.78 is 5.26. The smallest absolute Gasteiger partial charge is 0.189 e. The van der Waals surface area contributed by atoms with Crippen molar-refractivity contribution in [2.45, 2.75) is 18.9 Å². The number of thiazole rings is 1. The Morgan fingerprint density at radius 3 is 2.85 bits per heavy atom. The number of rotatable bonds is 5. The topological polar surface area (TPSA) is 87.0 Å². The number of nitriles is 1. The predicted molar refractivity (Wildman–Crippen MR) is 104 cm³/mol. The second-order valence-corrected chi connectivity index (χ2v) is 7.18. The van der Waals surface area contributed by atoms with Gasteiger partial charge in [0.15, 0.2) is 10.9 Å². The molecule has 1 unspecified atom stereocenters. The van der Waals surface area contributed by atoms with Crippen molar-refractivity contribution in [3.8, 4) is 11.8 Å². The minimum atomic E-state index is 0.269. The van der Waals surface area contributed by atoms with Crippen LogP contribution in [-0.2, 0) is 0 Å². The highest BCUT2D eigenvalue weighted by Crippen LogP contribution is 2.36. The first-order valence-electron chi connectivity index (χ1n) is 8.62. The lowest BCUT2D eigenvalue weighted by Crippen LogP contribution is -2.23. The van der Waals surface area contributed by atoms with Crippen LogP contribution < -0.4 is 15.0 Å². The van der Waals surface area contributed by atoms with Crippen LogP contribution in [0, 0.1) is 11.3 Å². The summed E-state index contributed by atoms with van der Waals surface area (Å²) in [7, 11) is 1.67. The van der Waals surface area contributed by atoms with E-state index < -0.39 is 0 Å². The molecule has 136 valence electrons. The number of nitrogens with one attached hydrogen (secondary N) is 1. The Labute approximate surface area is 161 Å². The van der Waals surface area contributed by atoms with E-state index >= 15 is 0 Å². The number of methoxy groups -OCH3 is 1. The monoisotopic (exact) mass is 378 g/mol. The average molecular weight is 378 g/mol. The van der Waals surface area contributed by atoms with Crippen molar-refractivity contribution in [2.75, 3.05) is 23.9 Å². The minimum absolute atomic E-state index is 0.269. The van der Waals surface area contributed by atoms with Crippen LogP contribution in [0.15, 0.2) is 42.9 Å². The van der Waals surface area contributed by atoms with Crippen LogP contribution >= 0.6 is 11.3 Å². The van der Waals surface area contributed by atoms with Crippen molar-refractivity contribution in [3.05, 3.63) is 53.3 Å². The summed E-state index contributed by atoms with van der Waals surface area (Å²) in [6, 6.07) is 10.5. The number of ether oxygens (including phenoxy) is 1. The summed E-state index contributed by atoms with van der Waals surface area (Å²) in [6.45, 7) is 0.935. The Bertz CT molecular complexity index is 965. The van der Waals surface area contributed by atoms with Gasteiger partial charge in [0.2, 0.25) is 0 Å². The standard InChI is InChI=1S/C19H18N6OS/c1-26-14-6-4-13(5-7-14)16-3-2-8-25(16)18-12-21-11-17(23-18)24-19-22-10-15(9-20)27-19/h4-7,10-12,16H,2-3,8H2,1H3,(H,22,23,24). The van der Waals surface area contributed by atoms with Crippen molar-refractivity contribution < 1.29 is 4.74 Å². The van der Waals surface area contributed by atoms with E-state index in [-0.39, 0.29) is 6.04 Å². The molecule has 1 saturated heterocycles. The van der Waals surface area contributed by atoms with Gasteiger partial charge in [-0.3, -0.25) is 4.98 Å². The third kappa shape index (κ3) is 3.68. The lowest BCUT2D eigenvalue weighted by molar-refractivity contribution is 0.414. The zero-order valence-corrected chi connectivity index (χ0v) is 15.6.